The Hall–Kier alpha value is -5.54. The lowest BCUT2D eigenvalue weighted by Gasteiger charge is -2.07. The standard InChI is InChI=1S/C23H22F3NO2S.C12H7F3O.C11H17NO2S/c1-2-3-4-5-6-7-22-27-14-21(30-22)23(28)29-20-11-9-16(13-19(20)26)15-8-10-17(24)18(25)12-15;13-9-3-1-7(5-10(9)14)8-2-4-12(16)11(15)6-8;1-2-3-4-5-6-7-10-12-8-9(15-10)11(13)14/h8-14H,2-7H2,1H3;1-6,16H;8H,2-7H2,1H3,(H,13,14). The summed E-state index contributed by atoms with van der Waals surface area (Å²) in [5.41, 5.74) is 1.37. The highest BCUT2D eigenvalue weighted by molar-refractivity contribution is 7.13. The van der Waals surface area contributed by atoms with E-state index in [1.807, 2.05) is 0 Å². The Labute approximate surface area is 358 Å². The average molecular weight is 885 g/mol. The molecule has 0 unspecified atom stereocenters. The lowest BCUT2D eigenvalue weighted by atomic mass is 10.1. The van der Waals surface area contributed by atoms with Crippen LogP contribution >= 0.6 is 22.7 Å². The van der Waals surface area contributed by atoms with Gasteiger partial charge in [0.1, 0.15) is 9.75 Å². The first-order valence-electron chi connectivity index (χ1n) is 19.8. The summed E-state index contributed by atoms with van der Waals surface area (Å²) in [5, 5.41) is 19.5. The number of ether oxygens (including phenoxy) is 1. The van der Waals surface area contributed by atoms with Crippen molar-refractivity contribution in [1.29, 1.82) is 0 Å². The average Bonchev–Trinajstić information content (AvgIpc) is 3.93. The van der Waals surface area contributed by atoms with Gasteiger partial charge in [-0.2, -0.15) is 0 Å². The molecule has 2 heterocycles. The van der Waals surface area contributed by atoms with E-state index in [-0.39, 0.29) is 5.75 Å². The number of carbonyl (C=O) groups excluding carboxylic acids is 1. The van der Waals surface area contributed by atoms with E-state index in [2.05, 4.69) is 23.8 Å². The number of phenols is 1. The SMILES string of the molecule is CCCCCCCc1ncc(C(=O)O)s1.CCCCCCCc1ncc(C(=O)Oc2ccc(-c3ccc(F)c(F)c3)cc2F)s1.Oc1ccc(-c2ccc(F)c(F)c2)cc1F. The largest absolute Gasteiger partial charge is 0.505 e. The van der Waals surface area contributed by atoms with Gasteiger partial charge in [0, 0.05) is 0 Å². The van der Waals surface area contributed by atoms with Gasteiger partial charge in [-0.25, -0.2) is 45.9 Å². The molecule has 0 aliphatic heterocycles. The lowest BCUT2D eigenvalue weighted by molar-refractivity contribution is 0.0699. The van der Waals surface area contributed by atoms with Crippen molar-refractivity contribution in [3.63, 3.8) is 0 Å². The van der Waals surface area contributed by atoms with Gasteiger partial charge in [-0.15, -0.1) is 22.7 Å². The third-order valence-corrected chi connectivity index (χ3v) is 11.2. The molecule has 0 aliphatic rings. The van der Waals surface area contributed by atoms with Crippen LogP contribution in [-0.4, -0.2) is 32.1 Å². The maximum absolute atomic E-state index is 14.4. The van der Waals surface area contributed by atoms with Crippen LogP contribution in [0.3, 0.4) is 0 Å². The van der Waals surface area contributed by atoms with E-state index in [1.165, 1.54) is 110 Å². The molecule has 61 heavy (non-hydrogen) atoms. The molecule has 0 aliphatic carbocycles. The molecule has 2 N–H and O–H groups in total. The van der Waals surface area contributed by atoms with Crippen molar-refractivity contribution in [2.45, 2.75) is 90.9 Å². The molecule has 0 bridgehead atoms. The molecule has 0 saturated carbocycles. The maximum Gasteiger partial charge on any atom is 0.355 e. The second-order valence-corrected chi connectivity index (χ2v) is 16.1. The molecule has 15 heteroatoms. The molecular formula is C46H46F6N2O5S2. The number of hydrogen-bond acceptors (Lipinski definition) is 8. The van der Waals surface area contributed by atoms with E-state index in [4.69, 9.17) is 14.9 Å². The summed E-state index contributed by atoms with van der Waals surface area (Å²) in [6, 6.07) is 14.1. The minimum Gasteiger partial charge on any atom is -0.505 e. The zero-order valence-electron chi connectivity index (χ0n) is 33.7. The summed E-state index contributed by atoms with van der Waals surface area (Å²) in [4.78, 5) is 31.9. The van der Waals surface area contributed by atoms with Crippen molar-refractivity contribution in [3.8, 4) is 33.8 Å². The van der Waals surface area contributed by atoms with E-state index in [0.29, 0.717) is 32.0 Å². The Kier molecular flexibility index (Phi) is 19.5. The Morgan fingerprint density at radius 3 is 1.41 bits per heavy atom. The Morgan fingerprint density at radius 1 is 0.541 bits per heavy atom. The normalized spacial score (nSPS) is 10.7. The monoisotopic (exact) mass is 884 g/mol. The number of aromatic hydroxyl groups is 1. The van der Waals surface area contributed by atoms with Crippen molar-refractivity contribution in [2.24, 2.45) is 0 Å². The van der Waals surface area contributed by atoms with Crippen molar-refractivity contribution in [1.82, 2.24) is 9.97 Å². The second-order valence-electron chi connectivity index (χ2n) is 13.8. The molecule has 4 aromatic carbocycles. The summed E-state index contributed by atoms with van der Waals surface area (Å²) < 4.78 is 84.7. The molecule has 324 valence electrons. The van der Waals surface area contributed by atoms with Gasteiger partial charge in [0.05, 0.1) is 22.4 Å². The summed E-state index contributed by atoms with van der Waals surface area (Å²) in [6.07, 6.45) is 16.5. The van der Waals surface area contributed by atoms with Crippen LogP contribution in [0.1, 0.15) is 107 Å². The van der Waals surface area contributed by atoms with Gasteiger partial charge in [0.15, 0.2) is 46.4 Å². The molecular weight excluding hydrogens is 839 g/mol. The molecule has 0 atom stereocenters. The lowest BCUT2D eigenvalue weighted by Crippen LogP contribution is -2.07. The van der Waals surface area contributed by atoms with Gasteiger partial charge in [0.25, 0.3) is 0 Å². The number of carboxylic acid groups (broad SMARTS) is 1. The molecule has 0 saturated heterocycles. The van der Waals surface area contributed by atoms with Gasteiger partial charge in [-0.3, -0.25) is 0 Å². The number of aromatic nitrogens is 2. The van der Waals surface area contributed by atoms with Crippen LogP contribution in [0.15, 0.2) is 85.2 Å². The summed E-state index contributed by atoms with van der Waals surface area (Å²) in [5.74, 6) is -7.78. The van der Waals surface area contributed by atoms with Gasteiger partial charge in [-0.1, -0.05) is 89.5 Å². The molecule has 0 fully saturated rings. The number of aryl methyl sites for hydroxylation is 2. The zero-order chi connectivity index (χ0) is 44.3. The number of nitrogens with zero attached hydrogens (tertiary/aromatic N) is 2. The van der Waals surface area contributed by atoms with E-state index in [1.54, 1.807) is 0 Å². The minimum absolute atomic E-state index is 0.235. The number of unbranched alkanes of at least 4 members (excludes halogenated alkanes) is 8. The zero-order valence-corrected chi connectivity index (χ0v) is 35.3. The van der Waals surface area contributed by atoms with E-state index >= 15 is 0 Å². The van der Waals surface area contributed by atoms with Gasteiger partial charge in [-0.05, 0) is 96.5 Å². The minimum atomic E-state index is -1.02. The van der Waals surface area contributed by atoms with Crippen molar-refractivity contribution in [3.05, 3.63) is 140 Å². The molecule has 2 aromatic heterocycles. The molecule has 6 rings (SSSR count). The number of aromatic carboxylic acids is 1. The molecule has 0 radical (unpaired) electrons. The van der Waals surface area contributed by atoms with Crippen molar-refractivity contribution >= 4 is 34.6 Å². The number of phenolic OH excluding ortho intramolecular Hbond substituents is 1. The Bertz CT molecular complexity index is 2300. The van der Waals surface area contributed by atoms with Crippen molar-refractivity contribution < 1.29 is 50.9 Å². The molecule has 0 amide bonds. The summed E-state index contributed by atoms with van der Waals surface area (Å²) in [7, 11) is 0. The molecule has 6 aromatic rings. The number of carboxylic acids is 1. The third-order valence-electron chi connectivity index (χ3n) is 9.10. The topological polar surface area (TPSA) is 110 Å². The predicted molar refractivity (Wildman–Crippen MR) is 226 cm³/mol. The van der Waals surface area contributed by atoms with Crippen LogP contribution in [0.4, 0.5) is 26.3 Å². The first kappa shape index (κ1) is 48.1. The number of thiazole rings is 2. The van der Waals surface area contributed by atoms with Crippen LogP contribution < -0.4 is 4.74 Å². The smallest absolute Gasteiger partial charge is 0.355 e. The Balaban J connectivity index is 0.000000222. The molecule has 0 spiro atoms. The van der Waals surface area contributed by atoms with Crippen LogP contribution in [0.25, 0.3) is 22.3 Å². The third kappa shape index (κ3) is 15.5. The fourth-order valence-corrected chi connectivity index (χ4v) is 7.39. The number of benzene rings is 4. The summed E-state index contributed by atoms with van der Waals surface area (Å²) >= 11 is 2.54. The van der Waals surface area contributed by atoms with Crippen LogP contribution in [-0.2, 0) is 12.8 Å². The first-order chi connectivity index (χ1) is 29.3. The fraction of sp³-hybridized carbons (Fsp3) is 0.304. The number of halogens is 6. The summed E-state index contributed by atoms with van der Waals surface area (Å²) in [6.45, 7) is 4.36. The van der Waals surface area contributed by atoms with Crippen molar-refractivity contribution in [2.75, 3.05) is 0 Å². The van der Waals surface area contributed by atoms with E-state index in [0.717, 1.165) is 84.6 Å². The Morgan fingerprint density at radius 2 is 0.967 bits per heavy atom. The van der Waals surface area contributed by atoms with Gasteiger partial charge >= 0.3 is 11.9 Å². The number of rotatable bonds is 17. The van der Waals surface area contributed by atoms with Crippen LogP contribution in [0.2, 0.25) is 0 Å². The number of esters is 1. The number of hydrogen-bond donors (Lipinski definition) is 2. The maximum atomic E-state index is 14.4. The molecule has 7 nitrogen and oxygen atoms in total. The first-order valence-corrected chi connectivity index (χ1v) is 21.5. The van der Waals surface area contributed by atoms with Gasteiger partial charge < -0.3 is 14.9 Å². The highest BCUT2D eigenvalue weighted by Gasteiger charge is 2.17. The highest BCUT2D eigenvalue weighted by Crippen LogP contribution is 2.29. The van der Waals surface area contributed by atoms with Gasteiger partial charge in [0.2, 0.25) is 0 Å². The van der Waals surface area contributed by atoms with Crippen LogP contribution in [0, 0.1) is 34.9 Å². The number of carbonyl (C=O) groups is 2. The fourth-order valence-electron chi connectivity index (χ4n) is 5.76. The highest BCUT2D eigenvalue weighted by atomic mass is 32.1. The predicted octanol–water partition coefficient (Wildman–Crippen LogP) is 13.8. The quantitative estimate of drug-likeness (QED) is 0.0406. The van der Waals surface area contributed by atoms with Crippen LogP contribution in [0.5, 0.6) is 11.5 Å². The van der Waals surface area contributed by atoms with E-state index < -0.39 is 52.6 Å². The van der Waals surface area contributed by atoms with E-state index in [9.17, 15) is 35.9 Å². The second kappa shape index (κ2) is 24.7.